The topological polar surface area (TPSA) is 85.8 Å². The maximum atomic E-state index is 10.1. The molecule has 9 nitrogen and oxygen atoms in total. The van der Waals surface area contributed by atoms with Gasteiger partial charge in [0.05, 0.1) is 40.7 Å². The number of pyridine rings is 1. The molecule has 0 aliphatic heterocycles. The molecule has 0 aliphatic rings. The van der Waals surface area contributed by atoms with Gasteiger partial charge in [0, 0.05) is 26.7 Å². The highest BCUT2D eigenvalue weighted by atomic mass is 16.7. The Morgan fingerprint density at radius 2 is 1.71 bits per heavy atom. The first kappa shape index (κ1) is 20.6. The van der Waals surface area contributed by atoms with Crippen LogP contribution in [0.25, 0.3) is 0 Å². The summed E-state index contributed by atoms with van der Waals surface area (Å²) in [6.45, 7) is 1.80. The SMILES string of the molecule is COc1cc(OCCN(C)OC)cnc1C(O)OCCN(C)OC. The van der Waals surface area contributed by atoms with Crippen molar-refractivity contribution in [3.05, 3.63) is 18.0 Å². The van der Waals surface area contributed by atoms with Crippen molar-refractivity contribution < 1.29 is 29.0 Å². The van der Waals surface area contributed by atoms with Crippen LogP contribution in [0.4, 0.5) is 0 Å². The van der Waals surface area contributed by atoms with Gasteiger partial charge in [0.15, 0.2) is 0 Å². The first-order valence-electron chi connectivity index (χ1n) is 7.48. The van der Waals surface area contributed by atoms with Crippen molar-refractivity contribution in [2.45, 2.75) is 6.29 Å². The molecule has 1 aromatic rings. The fraction of sp³-hybridized carbons (Fsp3) is 0.667. The van der Waals surface area contributed by atoms with Crippen molar-refractivity contribution in [2.24, 2.45) is 0 Å². The van der Waals surface area contributed by atoms with E-state index in [2.05, 4.69) is 4.98 Å². The highest BCUT2D eigenvalue weighted by Crippen LogP contribution is 2.27. The molecule has 0 amide bonds. The Morgan fingerprint density at radius 1 is 1.08 bits per heavy atom. The summed E-state index contributed by atoms with van der Waals surface area (Å²) in [5.74, 6) is 0.923. The van der Waals surface area contributed by atoms with Crippen molar-refractivity contribution in [3.8, 4) is 11.5 Å². The van der Waals surface area contributed by atoms with E-state index in [9.17, 15) is 5.11 Å². The van der Waals surface area contributed by atoms with E-state index in [1.165, 1.54) is 13.3 Å². The Bertz CT molecular complexity index is 477. The molecule has 0 aromatic carbocycles. The Kier molecular flexibility index (Phi) is 9.53. The number of hydroxylamine groups is 4. The lowest BCUT2D eigenvalue weighted by molar-refractivity contribution is -0.152. The van der Waals surface area contributed by atoms with E-state index in [1.54, 1.807) is 44.5 Å². The number of aromatic nitrogens is 1. The molecule has 1 heterocycles. The second-order valence-corrected chi connectivity index (χ2v) is 4.90. The zero-order valence-corrected chi connectivity index (χ0v) is 14.9. The minimum absolute atomic E-state index is 0.276. The van der Waals surface area contributed by atoms with Gasteiger partial charge in [0.25, 0.3) is 0 Å². The molecule has 1 unspecified atom stereocenters. The summed E-state index contributed by atoms with van der Waals surface area (Å²) in [5.41, 5.74) is 0.291. The number of hydrogen-bond donors (Lipinski definition) is 1. The smallest absolute Gasteiger partial charge is 0.202 e. The highest BCUT2D eigenvalue weighted by Gasteiger charge is 2.17. The third kappa shape index (κ3) is 6.95. The van der Waals surface area contributed by atoms with E-state index in [1.807, 2.05) is 0 Å². The normalized spacial score (nSPS) is 12.7. The van der Waals surface area contributed by atoms with Crippen LogP contribution in [0.3, 0.4) is 0 Å². The second kappa shape index (κ2) is 11.1. The molecule has 0 saturated heterocycles. The van der Waals surface area contributed by atoms with Crippen LogP contribution >= 0.6 is 0 Å². The van der Waals surface area contributed by atoms with Gasteiger partial charge in [-0.3, -0.25) is 0 Å². The minimum Gasteiger partial charge on any atom is -0.494 e. The summed E-state index contributed by atoms with van der Waals surface area (Å²) < 4.78 is 16.2. The summed E-state index contributed by atoms with van der Waals surface area (Å²) in [7, 11) is 8.21. The molecule has 1 N–H and O–H groups in total. The number of aliphatic hydroxyl groups is 1. The highest BCUT2D eigenvalue weighted by molar-refractivity contribution is 5.35. The molecule has 0 spiro atoms. The van der Waals surface area contributed by atoms with Crippen molar-refractivity contribution in [2.75, 3.05) is 61.7 Å². The number of hydrogen-bond acceptors (Lipinski definition) is 9. The Morgan fingerprint density at radius 3 is 2.29 bits per heavy atom. The van der Waals surface area contributed by atoms with Gasteiger partial charge in [0.1, 0.15) is 23.8 Å². The van der Waals surface area contributed by atoms with Crippen LogP contribution in [0.5, 0.6) is 11.5 Å². The van der Waals surface area contributed by atoms with E-state index in [0.29, 0.717) is 36.9 Å². The van der Waals surface area contributed by atoms with Crippen molar-refractivity contribution in [1.82, 2.24) is 15.1 Å². The molecule has 0 saturated carbocycles. The molecule has 0 radical (unpaired) electrons. The number of ether oxygens (including phenoxy) is 3. The lowest BCUT2D eigenvalue weighted by Crippen LogP contribution is -2.23. The zero-order valence-electron chi connectivity index (χ0n) is 14.9. The summed E-state index contributed by atoms with van der Waals surface area (Å²) in [5, 5.41) is 13.3. The number of likely N-dealkylation sites (N-methyl/N-ethyl adjacent to an activating group) is 2. The summed E-state index contributed by atoms with van der Waals surface area (Å²) in [6.07, 6.45) is 0.317. The fourth-order valence-corrected chi connectivity index (χ4v) is 1.71. The standard InChI is InChI=1S/C15H27N3O6/c1-17(21-4)6-8-23-12-10-13(20-3)14(16-11-12)15(19)24-9-7-18(2)22-5/h10-11,15,19H,6-9H2,1-5H3. The third-order valence-corrected chi connectivity index (χ3v) is 3.29. The van der Waals surface area contributed by atoms with Gasteiger partial charge in [-0.25, -0.2) is 4.98 Å². The van der Waals surface area contributed by atoms with Crippen LogP contribution < -0.4 is 9.47 Å². The maximum Gasteiger partial charge on any atom is 0.202 e. The number of rotatable bonds is 12. The zero-order chi connectivity index (χ0) is 17.9. The predicted octanol–water partition coefficient (Wildman–Crippen LogP) is 0.463. The van der Waals surface area contributed by atoms with Gasteiger partial charge >= 0.3 is 0 Å². The average molecular weight is 345 g/mol. The molecule has 0 fully saturated rings. The van der Waals surface area contributed by atoms with Crippen LogP contribution in [-0.4, -0.2) is 81.9 Å². The molecule has 1 atom stereocenters. The molecule has 138 valence electrons. The van der Waals surface area contributed by atoms with Crippen molar-refractivity contribution >= 4 is 0 Å². The first-order valence-corrected chi connectivity index (χ1v) is 7.48. The van der Waals surface area contributed by atoms with Crippen LogP contribution in [0.15, 0.2) is 12.3 Å². The van der Waals surface area contributed by atoms with Gasteiger partial charge in [0.2, 0.25) is 6.29 Å². The van der Waals surface area contributed by atoms with Gasteiger partial charge in [-0.05, 0) is 0 Å². The molecule has 24 heavy (non-hydrogen) atoms. The van der Waals surface area contributed by atoms with Crippen LogP contribution in [-0.2, 0) is 14.4 Å². The van der Waals surface area contributed by atoms with Crippen LogP contribution in [0.1, 0.15) is 12.0 Å². The molecule has 0 bridgehead atoms. The van der Waals surface area contributed by atoms with E-state index < -0.39 is 6.29 Å². The van der Waals surface area contributed by atoms with E-state index in [0.717, 1.165) is 0 Å². The Balaban J connectivity index is 2.58. The number of aliphatic hydroxyl groups excluding tert-OH is 1. The number of nitrogens with zero attached hydrogens (tertiary/aromatic N) is 3. The quantitative estimate of drug-likeness (QED) is 0.429. The molecule has 0 aliphatic carbocycles. The monoisotopic (exact) mass is 345 g/mol. The van der Waals surface area contributed by atoms with Gasteiger partial charge < -0.3 is 29.0 Å². The molecular formula is C15H27N3O6. The maximum absolute atomic E-state index is 10.1. The molecule has 1 rings (SSSR count). The molecule has 1 aromatic heterocycles. The minimum atomic E-state index is -1.20. The fourth-order valence-electron chi connectivity index (χ4n) is 1.71. The van der Waals surface area contributed by atoms with Gasteiger partial charge in [-0.1, -0.05) is 0 Å². The summed E-state index contributed by atoms with van der Waals surface area (Å²) >= 11 is 0. The average Bonchev–Trinajstić information content (AvgIpc) is 2.60. The first-order chi connectivity index (χ1) is 11.5. The third-order valence-electron chi connectivity index (χ3n) is 3.29. The van der Waals surface area contributed by atoms with Crippen molar-refractivity contribution in [3.63, 3.8) is 0 Å². The molecule has 9 heteroatoms. The Hall–Kier alpha value is -1.49. The molecular weight excluding hydrogens is 318 g/mol. The second-order valence-electron chi connectivity index (χ2n) is 4.90. The van der Waals surface area contributed by atoms with Gasteiger partial charge in [-0.15, -0.1) is 0 Å². The Labute approximate surface area is 142 Å². The number of methoxy groups -OCH3 is 1. The van der Waals surface area contributed by atoms with Crippen LogP contribution in [0.2, 0.25) is 0 Å². The lowest BCUT2D eigenvalue weighted by Gasteiger charge is -2.18. The van der Waals surface area contributed by atoms with Crippen molar-refractivity contribution in [1.29, 1.82) is 0 Å². The summed E-state index contributed by atoms with van der Waals surface area (Å²) in [4.78, 5) is 14.1. The van der Waals surface area contributed by atoms with E-state index >= 15 is 0 Å². The predicted molar refractivity (Wildman–Crippen MR) is 86.5 cm³/mol. The summed E-state index contributed by atoms with van der Waals surface area (Å²) in [6, 6.07) is 1.66. The largest absolute Gasteiger partial charge is 0.494 e. The van der Waals surface area contributed by atoms with Crippen LogP contribution in [0, 0.1) is 0 Å². The van der Waals surface area contributed by atoms with E-state index in [4.69, 9.17) is 23.9 Å². The van der Waals surface area contributed by atoms with E-state index in [-0.39, 0.29) is 6.61 Å². The lowest BCUT2D eigenvalue weighted by atomic mass is 10.3. The van der Waals surface area contributed by atoms with Gasteiger partial charge in [-0.2, -0.15) is 10.1 Å².